The van der Waals surface area contributed by atoms with Gasteiger partial charge in [-0.25, -0.2) is 21.9 Å². The zero-order valence-corrected chi connectivity index (χ0v) is 11.7. The Hall–Kier alpha value is -1.05. The van der Waals surface area contributed by atoms with Crippen molar-refractivity contribution in [1.29, 1.82) is 0 Å². The van der Waals surface area contributed by atoms with E-state index in [1.807, 2.05) is 0 Å². The fourth-order valence-electron chi connectivity index (χ4n) is 2.55. The summed E-state index contributed by atoms with van der Waals surface area (Å²) in [5.41, 5.74) is -0.931. The minimum Gasteiger partial charge on any atom is -0.394 e. The lowest BCUT2D eigenvalue weighted by Gasteiger charge is -2.36. The van der Waals surface area contributed by atoms with Crippen molar-refractivity contribution in [2.75, 3.05) is 6.61 Å². The topological polar surface area (TPSA) is 66.4 Å². The zero-order valence-electron chi connectivity index (χ0n) is 10.9. The van der Waals surface area contributed by atoms with E-state index in [4.69, 9.17) is 0 Å². The molecule has 0 bridgehead atoms. The molecule has 0 amide bonds. The van der Waals surface area contributed by atoms with Crippen LogP contribution in [0.25, 0.3) is 0 Å². The normalized spacial score (nSPS) is 18.9. The fraction of sp³-hybridized carbons (Fsp3) is 0.538. The van der Waals surface area contributed by atoms with Gasteiger partial charge in [0.2, 0.25) is 10.0 Å². The van der Waals surface area contributed by atoms with E-state index in [9.17, 15) is 22.3 Å². The maximum atomic E-state index is 13.1. The molecule has 0 atom stereocenters. The summed E-state index contributed by atoms with van der Waals surface area (Å²) in [5, 5.41) is 9.49. The lowest BCUT2D eigenvalue weighted by molar-refractivity contribution is 0.142. The molecule has 20 heavy (non-hydrogen) atoms. The third-order valence-corrected chi connectivity index (χ3v) is 5.17. The van der Waals surface area contributed by atoms with E-state index in [0.717, 1.165) is 31.4 Å². The second-order valence-electron chi connectivity index (χ2n) is 5.21. The summed E-state index contributed by atoms with van der Waals surface area (Å²) in [6.45, 7) is -0.329. The average Bonchev–Trinajstić information content (AvgIpc) is 2.38. The molecular weight excluding hydrogens is 288 g/mol. The van der Waals surface area contributed by atoms with Crippen LogP contribution in [-0.2, 0) is 10.0 Å². The molecule has 1 aromatic rings. The van der Waals surface area contributed by atoms with Gasteiger partial charge in [0, 0.05) is 6.07 Å². The van der Waals surface area contributed by atoms with Crippen LogP contribution in [0, 0.1) is 11.6 Å². The predicted octanol–water partition coefficient (Wildman–Crippen LogP) is 1.94. The molecular formula is C13H17F2NO3S. The Kier molecular flexibility index (Phi) is 4.41. The van der Waals surface area contributed by atoms with Gasteiger partial charge in [0.1, 0.15) is 11.6 Å². The summed E-state index contributed by atoms with van der Waals surface area (Å²) >= 11 is 0. The summed E-state index contributed by atoms with van der Waals surface area (Å²) in [5.74, 6) is -1.90. The standard InChI is InChI=1S/C13H17F2NO3S/c14-10-6-11(15)8-12(7-10)20(18,19)16-13(9-17)4-2-1-3-5-13/h6-8,16-17H,1-5,9H2. The second kappa shape index (κ2) is 5.75. The molecule has 2 rings (SSSR count). The molecule has 0 aliphatic heterocycles. The molecule has 1 aromatic carbocycles. The second-order valence-corrected chi connectivity index (χ2v) is 6.89. The Labute approximate surface area is 116 Å². The molecule has 1 saturated carbocycles. The first-order valence-corrected chi connectivity index (χ1v) is 7.96. The van der Waals surface area contributed by atoms with Crippen LogP contribution in [0.2, 0.25) is 0 Å². The van der Waals surface area contributed by atoms with Crippen LogP contribution < -0.4 is 4.72 Å². The molecule has 0 spiro atoms. The highest BCUT2D eigenvalue weighted by atomic mass is 32.2. The van der Waals surface area contributed by atoms with Crippen LogP contribution in [0.15, 0.2) is 23.1 Å². The van der Waals surface area contributed by atoms with E-state index in [-0.39, 0.29) is 6.61 Å². The average molecular weight is 305 g/mol. The smallest absolute Gasteiger partial charge is 0.241 e. The largest absolute Gasteiger partial charge is 0.394 e. The molecule has 1 aliphatic rings. The zero-order chi connectivity index (χ0) is 14.8. The van der Waals surface area contributed by atoms with Gasteiger partial charge in [0.25, 0.3) is 0 Å². The van der Waals surface area contributed by atoms with E-state index in [1.54, 1.807) is 0 Å². The summed E-state index contributed by atoms with van der Waals surface area (Å²) in [6, 6.07) is 2.14. The van der Waals surface area contributed by atoms with Gasteiger partial charge in [-0.3, -0.25) is 0 Å². The van der Waals surface area contributed by atoms with Crippen LogP contribution in [0.3, 0.4) is 0 Å². The number of aliphatic hydroxyl groups is 1. The van der Waals surface area contributed by atoms with Crippen LogP contribution in [-0.4, -0.2) is 25.7 Å². The molecule has 0 radical (unpaired) electrons. The Balaban J connectivity index is 2.30. The number of halogens is 2. The van der Waals surface area contributed by atoms with Crippen molar-refractivity contribution in [1.82, 2.24) is 4.72 Å². The van der Waals surface area contributed by atoms with Crippen molar-refractivity contribution in [3.8, 4) is 0 Å². The number of sulfonamides is 1. The summed E-state index contributed by atoms with van der Waals surface area (Å²) in [7, 11) is -4.07. The number of nitrogens with one attached hydrogen (secondary N) is 1. The molecule has 7 heteroatoms. The van der Waals surface area contributed by atoms with Gasteiger partial charge in [-0.15, -0.1) is 0 Å². The monoisotopic (exact) mass is 305 g/mol. The highest BCUT2D eigenvalue weighted by molar-refractivity contribution is 7.89. The Morgan fingerprint density at radius 3 is 2.15 bits per heavy atom. The summed E-state index contributed by atoms with van der Waals surface area (Å²) in [6.07, 6.45) is 3.63. The molecule has 2 N–H and O–H groups in total. The van der Waals surface area contributed by atoms with Crippen molar-refractivity contribution in [2.45, 2.75) is 42.5 Å². The summed E-state index contributed by atoms with van der Waals surface area (Å²) < 4.78 is 53.1. The highest BCUT2D eigenvalue weighted by Crippen LogP contribution is 2.29. The lowest BCUT2D eigenvalue weighted by Crippen LogP contribution is -2.52. The number of rotatable bonds is 4. The SMILES string of the molecule is O=S(=O)(NC1(CO)CCCCC1)c1cc(F)cc(F)c1. The van der Waals surface area contributed by atoms with Crippen LogP contribution in [0.1, 0.15) is 32.1 Å². The first-order chi connectivity index (χ1) is 9.37. The molecule has 0 unspecified atom stereocenters. The maximum Gasteiger partial charge on any atom is 0.241 e. The minimum atomic E-state index is -4.07. The molecule has 0 aromatic heterocycles. The maximum absolute atomic E-state index is 13.1. The molecule has 0 heterocycles. The number of aliphatic hydroxyl groups excluding tert-OH is 1. The van der Waals surface area contributed by atoms with Gasteiger partial charge in [0.05, 0.1) is 17.0 Å². The van der Waals surface area contributed by atoms with E-state index in [2.05, 4.69) is 4.72 Å². The van der Waals surface area contributed by atoms with Gasteiger partial charge >= 0.3 is 0 Å². The first kappa shape index (κ1) is 15.3. The van der Waals surface area contributed by atoms with Crippen molar-refractivity contribution in [2.24, 2.45) is 0 Å². The van der Waals surface area contributed by atoms with Gasteiger partial charge in [-0.05, 0) is 25.0 Å². The lowest BCUT2D eigenvalue weighted by atomic mass is 9.83. The van der Waals surface area contributed by atoms with Crippen molar-refractivity contribution >= 4 is 10.0 Å². The van der Waals surface area contributed by atoms with Crippen molar-refractivity contribution < 1.29 is 22.3 Å². The predicted molar refractivity (Wildman–Crippen MR) is 69.6 cm³/mol. The Morgan fingerprint density at radius 1 is 1.10 bits per heavy atom. The quantitative estimate of drug-likeness (QED) is 0.893. The third kappa shape index (κ3) is 3.34. The van der Waals surface area contributed by atoms with Crippen molar-refractivity contribution in [3.05, 3.63) is 29.8 Å². The molecule has 112 valence electrons. The number of hydrogen-bond donors (Lipinski definition) is 2. The van der Waals surface area contributed by atoms with Gasteiger partial charge < -0.3 is 5.11 Å². The first-order valence-electron chi connectivity index (χ1n) is 6.48. The van der Waals surface area contributed by atoms with Crippen LogP contribution >= 0.6 is 0 Å². The molecule has 1 aliphatic carbocycles. The molecule has 0 saturated heterocycles. The molecule has 1 fully saturated rings. The van der Waals surface area contributed by atoms with Gasteiger partial charge in [-0.1, -0.05) is 19.3 Å². The van der Waals surface area contributed by atoms with E-state index in [1.165, 1.54) is 0 Å². The minimum absolute atomic E-state index is 0.329. The van der Waals surface area contributed by atoms with Gasteiger partial charge in [0.15, 0.2) is 0 Å². The van der Waals surface area contributed by atoms with Crippen LogP contribution in [0.4, 0.5) is 8.78 Å². The fourth-order valence-corrected chi connectivity index (χ4v) is 4.04. The number of hydrogen-bond acceptors (Lipinski definition) is 3. The summed E-state index contributed by atoms with van der Waals surface area (Å²) in [4.78, 5) is -0.464. The van der Waals surface area contributed by atoms with E-state index in [0.29, 0.717) is 18.9 Å². The van der Waals surface area contributed by atoms with Crippen LogP contribution in [0.5, 0.6) is 0 Å². The highest BCUT2D eigenvalue weighted by Gasteiger charge is 2.36. The Bertz CT molecular complexity index is 563. The van der Waals surface area contributed by atoms with Crippen molar-refractivity contribution in [3.63, 3.8) is 0 Å². The Morgan fingerprint density at radius 2 is 1.65 bits per heavy atom. The number of benzene rings is 1. The molecule has 4 nitrogen and oxygen atoms in total. The van der Waals surface area contributed by atoms with E-state index >= 15 is 0 Å². The third-order valence-electron chi connectivity index (χ3n) is 3.61. The van der Waals surface area contributed by atoms with Gasteiger partial charge in [-0.2, -0.15) is 0 Å². The van der Waals surface area contributed by atoms with E-state index < -0.39 is 32.1 Å².